The van der Waals surface area contributed by atoms with E-state index >= 15 is 0 Å². The predicted molar refractivity (Wildman–Crippen MR) is 107 cm³/mol. The van der Waals surface area contributed by atoms with Gasteiger partial charge in [-0.1, -0.05) is 37.5 Å². The first-order valence-electron chi connectivity index (χ1n) is 8.67. The second-order valence-corrected chi connectivity index (χ2v) is 11.5. The Morgan fingerprint density at radius 3 is 2.57 bits per heavy atom. The molecule has 10 heteroatoms. The summed E-state index contributed by atoms with van der Waals surface area (Å²) >= 11 is 3.58. The van der Waals surface area contributed by atoms with Gasteiger partial charge in [0.1, 0.15) is 0 Å². The van der Waals surface area contributed by atoms with Crippen molar-refractivity contribution in [1.82, 2.24) is 9.80 Å². The molecule has 2 unspecified atom stereocenters. The Balaban J connectivity index is 1.74. The van der Waals surface area contributed by atoms with E-state index in [1.807, 2.05) is 13.0 Å². The number of fused-ring (bicyclic) bond motifs is 3. The second kappa shape index (κ2) is 5.52. The fraction of sp³-hybridized carbons (Fsp3) is 0.500. The summed E-state index contributed by atoms with van der Waals surface area (Å²) in [6.45, 7) is 3.72. The van der Waals surface area contributed by atoms with Crippen molar-refractivity contribution in [1.29, 1.82) is 5.26 Å². The van der Waals surface area contributed by atoms with E-state index in [0.29, 0.717) is 11.5 Å². The normalized spacial score (nSPS) is 38.0. The number of halogens is 1. The zero-order chi connectivity index (χ0) is 20.1. The fourth-order valence-corrected chi connectivity index (χ4v) is 8.65. The zero-order valence-corrected chi connectivity index (χ0v) is 18.5. The molecular formula is C18H16BrN3O4S2. The van der Waals surface area contributed by atoms with Crippen LogP contribution in [-0.4, -0.2) is 45.2 Å². The van der Waals surface area contributed by atoms with Crippen LogP contribution in [0.2, 0.25) is 0 Å². The third kappa shape index (κ3) is 1.97. The molecule has 2 amide bonds. The van der Waals surface area contributed by atoms with E-state index in [2.05, 4.69) is 22.0 Å². The third-order valence-corrected chi connectivity index (χ3v) is 10.5. The van der Waals surface area contributed by atoms with Crippen LogP contribution in [0, 0.1) is 16.7 Å². The molecule has 7 nitrogen and oxygen atoms in total. The van der Waals surface area contributed by atoms with Crippen molar-refractivity contribution in [3.63, 3.8) is 0 Å². The molecule has 146 valence electrons. The van der Waals surface area contributed by atoms with Crippen molar-refractivity contribution in [3.8, 4) is 17.6 Å². The summed E-state index contributed by atoms with van der Waals surface area (Å²) < 4.78 is 11.7. The molecule has 5 heterocycles. The van der Waals surface area contributed by atoms with Gasteiger partial charge in [-0.05, 0) is 31.5 Å². The molecule has 0 aliphatic carbocycles. The average molecular weight is 482 g/mol. The smallest absolute Gasteiger partial charge is 0.261 e. The molecule has 0 radical (unpaired) electrons. The molecule has 0 saturated carbocycles. The molecule has 4 fully saturated rings. The van der Waals surface area contributed by atoms with Crippen LogP contribution in [0.4, 0.5) is 0 Å². The van der Waals surface area contributed by atoms with Crippen LogP contribution in [-0.2, 0) is 9.59 Å². The third-order valence-electron chi connectivity index (χ3n) is 6.14. The minimum Gasteiger partial charge on any atom is -0.454 e. The average Bonchev–Trinajstić information content (AvgIpc) is 3.22. The van der Waals surface area contributed by atoms with Gasteiger partial charge in [0.2, 0.25) is 6.79 Å². The van der Waals surface area contributed by atoms with Gasteiger partial charge in [0, 0.05) is 17.9 Å². The quantitative estimate of drug-likeness (QED) is 0.569. The number of ether oxygens (including phenoxy) is 2. The van der Waals surface area contributed by atoms with Gasteiger partial charge in [0.15, 0.2) is 21.2 Å². The first kappa shape index (κ1) is 18.5. The van der Waals surface area contributed by atoms with Gasteiger partial charge >= 0.3 is 0 Å². The number of hydrogen-bond donors (Lipinski definition) is 0. The van der Waals surface area contributed by atoms with Crippen LogP contribution >= 0.6 is 37.5 Å². The van der Waals surface area contributed by atoms with Crippen LogP contribution in [0.3, 0.4) is 0 Å². The van der Waals surface area contributed by atoms with Crippen molar-refractivity contribution < 1.29 is 19.1 Å². The molecular weight excluding hydrogens is 466 g/mol. The largest absolute Gasteiger partial charge is 0.454 e. The molecule has 1 aromatic carbocycles. The summed E-state index contributed by atoms with van der Waals surface area (Å²) in [5.41, 5.74) is -0.193. The summed E-state index contributed by atoms with van der Waals surface area (Å²) in [6.07, 6.45) is 0.269. The monoisotopic (exact) mass is 481 g/mol. The number of rotatable bonds is 1. The number of nitrogens with zero attached hydrogens (tertiary/aromatic N) is 3. The van der Waals surface area contributed by atoms with E-state index < -0.39 is 21.2 Å². The lowest BCUT2D eigenvalue weighted by molar-refractivity contribution is -0.164. The number of carbonyl (C=O) groups excluding carboxylic acids is 2. The van der Waals surface area contributed by atoms with E-state index in [1.54, 1.807) is 24.9 Å². The van der Waals surface area contributed by atoms with Gasteiger partial charge in [-0.15, -0.1) is 0 Å². The molecule has 2 bridgehead atoms. The second-order valence-electron chi connectivity index (χ2n) is 7.81. The summed E-state index contributed by atoms with van der Waals surface area (Å²) in [7, 11) is 4.47. The van der Waals surface area contributed by atoms with Gasteiger partial charge in [0.05, 0.1) is 17.5 Å². The van der Waals surface area contributed by atoms with Crippen LogP contribution in [0.15, 0.2) is 16.6 Å². The van der Waals surface area contributed by atoms with Gasteiger partial charge in [-0.2, -0.15) is 5.26 Å². The highest BCUT2D eigenvalue weighted by Crippen LogP contribution is 2.69. The van der Waals surface area contributed by atoms with E-state index in [-0.39, 0.29) is 25.0 Å². The number of likely N-dealkylation sites (N-methyl/N-ethyl adjacent to an activating group) is 1. The highest BCUT2D eigenvalue weighted by Gasteiger charge is 2.75. The lowest BCUT2D eigenvalue weighted by Gasteiger charge is -2.57. The molecule has 5 aliphatic heterocycles. The molecule has 1 spiro atoms. The Morgan fingerprint density at radius 1 is 1.21 bits per heavy atom. The maximum absolute atomic E-state index is 13.6. The van der Waals surface area contributed by atoms with E-state index in [4.69, 9.17) is 9.47 Å². The molecule has 4 atom stereocenters. The molecule has 0 aromatic heterocycles. The zero-order valence-electron chi connectivity index (χ0n) is 15.3. The topological polar surface area (TPSA) is 82.9 Å². The van der Waals surface area contributed by atoms with Crippen LogP contribution in [0.25, 0.3) is 0 Å². The van der Waals surface area contributed by atoms with Crippen molar-refractivity contribution in [2.24, 2.45) is 5.41 Å². The van der Waals surface area contributed by atoms with Crippen LogP contribution in [0.1, 0.15) is 31.9 Å². The lowest BCUT2D eigenvalue weighted by atomic mass is 9.79. The van der Waals surface area contributed by atoms with Crippen molar-refractivity contribution in [2.75, 3.05) is 13.8 Å². The van der Waals surface area contributed by atoms with Crippen molar-refractivity contribution in [3.05, 3.63) is 22.2 Å². The lowest BCUT2D eigenvalue weighted by Crippen LogP contribution is -2.73. The molecule has 6 rings (SSSR count). The minimum absolute atomic E-state index is 0.126. The molecule has 4 saturated heterocycles. The minimum atomic E-state index is -1.08. The van der Waals surface area contributed by atoms with Crippen molar-refractivity contribution >= 4 is 49.3 Å². The Hall–Kier alpha value is -1.57. The van der Waals surface area contributed by atoms with Crippen molar-refractivity contribution in [2.45, 2.75) is 36.1 Å². The molecule has 0 N–H and O–H groups in total. The first-order chi connectivity index (χ1) is 13.2. The van der Waals surface area contributed by atoms with Gasteiger partial charge in [0.25, 0.3) is 11.8 Å². The van der Waals surface area contributed by atoms with E-state index in [0.717, 1.165) is 10.0 Å². The van der Waals surface area contributed by atoms with Gasteiger partial charge in [-0.3, -0.25) is 9.59 Å². The SMILES string of the molecule is CN1C(=O)[C@@]23C[C@](C)(C#N)C(c4cc5c(cc4Br)OCO5)N2C(=O)C1(C)SS3. The van der Waals surface area contributed by atoms with E-state index in [1.165, 1.54) is 26.5 Å². The number of piperazine rings is 1. The molecule has 28 heavy (non-hydrogen) atoms. The first-order valence-corrected chi connectivity index (χ1v) is 11.6. The Bertz CT molecular complexity index is 1000. The highest BCUT2D eigenvalue weighted by atomic mass is 79.9. The summed E-state index contributed by atoms with van der Waals surface area (Å²) in [6, 6.07) is 5.43. The van der Waals surface area contributed by atoms with Gasteiger partial charge < -0.3 is 19.3 Å². The maximum atomic E-state index is 13.6. The molecule has 5 aliphatic rings. The van der Waals surface area contributed by atoms with Gasteiger partial charge in [-0.25, -0.2) is 0 Å². The standard InChI is InChI=1S/C18H16BrN3O4S2/c1-16(7-20)6-18-15(24)21(3)17(2,27-28-18)14(23)22(18)13(16)9-4-11-12(5-10(9)19)26-8-25-11/h4-5,13H,6,8H2,1-3H3/t13?,16-,17?,18+/m1/s1. The summed E-state index contributed by atoms with van der Waals surface area (Å²) in [4.78, 5) is 28.0. The highest BCUT2D eigenvalue weighted by molar-refractivity contribution is 9.10. The number of benzene rings is 1. The van der Waals surface area contributed by atoms with Crippen LogP contribution in [0.5, 0.6) is 11.5 Å². The summed E-state index contributed by atoms with van der Waals surface area (Å²) in [5, 5.41) is 10.1. The fourth-order valence-electron chi connectivity index (χ4n) is 4.53. The maximum Gasteiger partial charge on any atom is 0.261 e. The number of carbonyl (C=O) groups is 2. The Kier molecular flexibility index (Phi) is 3.64. The molecule has 1 aromatic rings. The number of amides is 2. The Labute approximate surface area is 178 Å². The number of nitriles is 1. The van der Waals surface area contributed by atoms with Crippen LogP contribution < -0.4 is 9.47 Å². The predicted octanol–water partition coefficient (Wildman–Crippen LogP) is 3.26. The summed E-state index contributed by atoms with van der Waals surface area (Å²) in [5.74, 6) is 0.915. The van der Waals surface area contributed by atoms with E-state index in [9.17, 15) is 14.9 Å². The number of hydrogen-bond acceptors (Lipinski definition) is 7. The Morgan fingerprint density at radius 2 is 1.89 bits per heavy atom.